The molecule has 1 fully saturated rings. The Balaban J connectivity index is 1.91. The van der Waals surface area contributed by atoms with Crippen LogP contribution in [0.5, 0.6) is 0 Å². The van der Waals surface area contributed by atoms with Crippen LogP contribution in [-0.2, 0) is 11.3 Å². The van der Waals surface area contributed by atoms with Gasteiger partial charge in [0.25, 0.3) is 5.56 Å². The number of amides is 1. The van der Waals surface area contributed by atoms with Crippen LogP contribution in [0.4, 0.5) is 0 Å². The van der Waals surface area contributed by atoms with Crippen LogP contribution in [0.15, 0.2) is 23.1 Å². The Labute approximate surface area is 113 Å². The molecule has 1 aromatic rings. The molecule has 1 saturated carbocycles. The van der Waals surface area contributed by atoms with Crippen LogP contribution in [0.2, 0.25) is 0 Å². The van der Waals surface area contributed by atoms with Gasteiger partial charge in [-0.15, -0.1) is 0 Å². The highest BCUT2D eigenvalue weighted by Gasteiger charge is 2.14. The Morgan fingerprint density at radius 3 is 2.63 bits per heavy atom. The second-order valence-electron chi connectivity index (χ2n) is 5.43. The van der Waals surface area contributed by atoms with Gasteiger partial charge in [0.1, 0.15) is 6.54 Å². The molecule has 1 aromatic heterocycles. The molecule has 0 unspecified atom stereocenters. The molecule has 0 aliphatic heterocycles. The van der Waals surface area contributed by atoms with Gasteiger partial charge in [0.15, 0.2) is 0 Å². The van der Waals surface area contributed by atoms with Gasteiger partial charge in [-0.1, -0.05) is 25.7 Å². The van der Waals surface area contributed by atoms with Gasteiger partial charge in [-0.2, -0.15) is 0 Å². The molecule has 0 saturated heterocycles. The number of hydrogen-bond acceptors (Lipinski definition) is 2. The highest BCUT2D eigenvalue weighted by molar-refractivity contribution is 5.76. The van der Waals surface area contributed by atoms with Gasteiger partial charge in [0.2, 0.25) is 5.91 Å². The number of rotatable bonds is 3. The molecule has 1 N–H and O–H groups in total. The molecule has 1 aliphatic rings. The summed E-state index contributed by atoms with van der Waals surface area (Å²) in [4.78, 5) is 23.7. The molecule has 2 rings (SSSR count). The van der Waals surface area contributed by atoms with Crippen molar-refractivity contribution in [2.45, 2.75) is 58.0 Å². The second kappa shape index (κ2) is 6.55. The van der Waals surface area contributed by atoms with Crippen molar-refractivity contribution >= 4 is 5.91 Å². The second-order valence-corrected chi connectivity index (χ2v) is 5.43. The van der Waals surface area contributed by atoms with E-state index in [2.05, 4.69) is 5.32 Å². The van der Waals surface area contributed by atoms with E-state index in [0.717, 1.165) is 18.4 Å². The lowest BCUT2D eigenvalue weighted by atomic mass is 10.1. The minimum atomic E-state index is -0.115. The minimum absolute atomic E-state index is 0.0575. The summed E-state index contributed by atoms with van der Waals surface area (Å²) in [6.07, 6.45) is 8.73. The van der Waals surface area contributed by atoms with E-state index < -0.39 is 0 Å². The zero-order valence-corrected chi connectivity index (χ0v) is 11.5. The summed E-state index contributed by atoms with van der Waals surface area (Å²) in [6.45, 7) is 1.99. The van der Waals surface area contributed by atoms with Crippen LogP contribution in [0.3, 0.4) is 0 Å². The summed E-state index contributed by atoms with van der Waals surface area (Å²) < 4.78 is 1.46. The van der Waals surface area contributed by atoms with E-state index in [0.29, 0.717) is 0 Å². The summed E-state index contributed by atoms with van der Waals surface area (Å²) in [5.74, 6) is -0.0575. The fraction of sp³-hybridized carbons (Fsp3) is 0.600. The first kappa shape index (κ1) is 13.8. The molecule has 1 amide bonds. The van der Waals surface area contributed by atoms with E-state index >= 15 is 0 Å². The average molecular weight is 262 g/mol. The monoisotopic (exact) mass is 262 g/mol. The quantitative estimate of drug-likeness (QED) is 0.847. The predicted octanol–water partition coefficient (Wildman–Crippen LogP) is 2.00. The minimum Gasteiger partial charge on any atom is -0.352 e. The van der Waals surface area contributed by atoms with Crippen LogP contribution in [0.1, 0.15) is 44.1 Å². The Hall–Kier alpha value is -1.58. The van der Waals surface area contributed by atoms with Crippen LogP contribution >= 0.6 is 0 Å². The van der Waals surface area contributed by atoms with Crippen molar-refractivity contribution < 1.29 is 4.79 Å². The molecule has 0 radical (unpaired) electrons. The topological polar surface area (TPSA) is 51.1 Å². The zero-order chi connectivity index (χ0) is 13.7. The van der Waals surface area contributed by atoms with Crippen molar-refractivity contribution in [2.75, 3.05) is 0 Å². The summed E-state index contributed by atoms with van der Waals surface area (Å²) in [6, 6.07) is 3.69. The molecule has 0 atom stereocenters. The summed E-state index contributed by atoms with van der Waals surface area (Å²) in [5.41, 5.74) is 0.807. The van der Waals surface area contributed by atoms with Crippen molar-refractivity contribution in [1.82, 2.24) is 9.88 Å². The normalized spacial score (nSPS) is 16.9. The zero-order valence-electron chi connectivity index (χ0n) is 11.5. The largest absolute Gasteiger partial charge is 0.352 e. The highest BCUT2D eigenvalue weighted by Crippen LogP contribution is 2.17. The van der Waals surface area contributed by atoms with Crippen LogP contribution in [0, 0.1) is 6.92 Å². The van der Waals surface area contributed by atoms with Crippen molar-refractivity contribution in [3.63, 3.8) is 0 Å². The first-order valence-corrected chi connectivity index (χ1v) is 7.11. The Morgan fingerprint density at radius 2 is 2.00 bits per heavy atom. The Kier molecular flexibility index (Phi) is 4.77. The number of pyridine rings is 1. The molecule has 1 heterocycles. The lowest BCUT2D eigenvalue weighted by Crippen LogP contribution is -2.38. The van der Waals surface area contributed by atoms with Crippen molar-refractivity contribution in [2.24, 2.45) is 0 Å². The number of carbonyl (C=O) groups is 1. The number of carbonyl (C=O) groups excluding carboxylic acids is 1. The SMILES string of the molecule is Cc1ccn(CC(=O)NC2CCCCCC2)c(=O)c1. The van der Waals surface area contributed by atoms with Gasteiger partial charge in [-0.3, -0.25) is 9.59 Å². The molecule has 19 heavy (non-hydrogen) atoms. The summed E-state index contributed by atoms with van der Waals surface area (Å²) in [7, 11) is 0. The number of aromatic nitrogens is 1. The van der Waals surface area contributed by atoms with Gasteiger partial charge in [0.05, 0.1) is 0 Å². The lowest BCUT2D eigenvalue weighted by Gasteiger charge is -2.16. The molecular weight excluding hydrogens is 240 g/mol. The van der Waals surface area contributed by atoms with E-state index in [4.69, 9.17) is 0 Å². The molecule has 0 aromatic carbocycles. The van der Waals surface area contributed by atoms with Crippen molar-refractivity contribution in [3.8, 4) is 0 Å². The maximum atomic E-state index is 12.0. The maximum Gasteiger partial charge on any atom is 0.251 e. The molecular formula is C15H22N2O2. The predicted molar refractivity (Wildman–Crippen MR) is 75.1 cm³/mol. The molecule has 4 heteroatoms. The standard InChI is InChI=1S/C15H22N2O2/c1-12-8-9-17(15(19)10-12)11-14(18)16-13-6-4-2-3-5-7-13/h8-10,13H,2-7,11H2,1H3,(H,16,18). The lowest BCUT2D eigenvalue weighted by molar-refractivity contribution is -0.122. The average Bonchev–Trinajstić information content (AvgIpc) is 2.61. The third kappa shape index (κ3) is 4.23. The van der Waals surface area contributed by atoms with Gasteiger partial charge in [-0.05, 0) is 31.4 Å². The van der Waals surface area contributed by atoms with E-state index in [1.807, 2.05) is 13.0 Å². The third-order valence-electron chi connectivity index (χ3n) is 3.69. The fourth-order valence-corrected chi connectivity index (χ4v) is 2.59. The van der Waals surface area contributed by atoms with Gasteiger partial charge >= 0.3 is 0 Å². The fourth-order valence-electron chi connectivity index (χ4n) is 2.59. The van der Waals surface area contributed by atoms with E-state index in [9.17, 15) is 9.59 Å². The molecule has 1 aliphatic carbocycles. The number of aryl methyl sites for hydroxylation is 1. The maximum absolute atomic E-state index is 12.0. The Morgan fingerprint density at radius 1 is 1.32 bits per heavy atom. The van der Waals surface area contributed by atoms with Crippen LogP contribution in [0.25, 0.3) is 0 Å². The first-order valence-electron chi connectivity index (χ1n) is 7.11. The van der Waals surface area contributed by atoms with Crippen LogP contribution < -0.4 is 10.9 Å². The van der Waals surface area contributed by atoms with Gasteiger partial charge in [-0.25, -0.2) is 0 Å². The molecule has 4 nitrogen and oxygen atoms in total. The third-order valence-corrected chi connectivity index (χ3v) is 3.69. The van der Waals surface area contributed by atoms with Crippen molar-refractivity contribution in [1.29, 1.82) is 0 Å². The van der Waals surface area contributed by atoms with Gasteiger partial charge < -0.3 is 9.88 Å². The number of hydrogen-bond donors (Lipinski definition) is 1. The Bertz CT molecular complexity index is 485. The number of nitrogens with one attached hydrogen (secondary N) is 1. The molecule has 0 spiro atoms. The van der Waals surface area contributed by atoms with Crippen molar-refractivity contribution in [3.05, 3.63) is 34.2 Å². The smallest absolute Gasteiger partial charge is 0.251 e. The summed E-state index contributed by atoms with van der Waals surface area (Å²) >= 11 is 0. The molecule has 104 valence electrons. The van der Waals surface area contributed by atoms with E-state index in [1.165, 1.54) is 30.3 Å². The highest BCUT2D eigenvalue weighted by atomic mass is 16.2. The molecule has 0 bridgehead atoms. The van der Waals surface area contributed by atoms with E-state index in [1.54, 1.807) is 12.3 Å². The van der Waals surface area contributed by atoms with Gasteiger partial charge in [0, 0.05) is 18.3 Å². The van der Waals surface area contributed by atoms with E-state index in [-0.39, 0.29) is 24.1 Å². The summed E-state index contributed by atoms with van der Waals surface area (Å²) in [5, 5.41) is 3.05. The van der Waals surface area contributed by atoms with Crippen LogP contribution in [-0.4, -0.2) is 16.5 Å². The number of nitrogens with zero attached hydrogens (tertiary/aromatic N) is 1. The first-order chi connectivity index (χ1) is 9.15.